The average Bonchev–Trinajstić information content (AvgIpc) is 2.56. The van der Waals surface area contributed by atoms with Crippen LogP contribution in [-0.4, -0.2) is 19.7 Å². The second kappa shape index (κ2) is 5.77. The zero-order valence-corrected chi connectivity index (χ0v) is 12.1. The quantitative estimate of drug-likeness (QED) is 0.797. The maximum atomic E-state index is 11.7. The number of benzene rings is 1. The Morgan fingerprint density at radius 2 is 1.91 bits per heavy atom. The van der Waals surface area contributed by atoms with Crippen LogP contribution in [0.2, 0.25) is 0 Å². The molecule has 0 atom stereocenters. The maximum Gasteiger partial charge on any atom is 0.266 e. The standard InChI is InChI=1S/C16H15N5O/c1-2-21-14(22)9-8-13(20-21)12-10-18-16(17)19-15(12)11-6-4-3-5-7-11/h3-10H,2H2,1H3,(H2,17,18,19). The molecule has 0 fully saturated rings. The first kappa shape index (κ1) is 13.9. The number of nitrogens with zero attached hydrogens (tertiary/aromatic N) is 4. The highest BCUT2D eigenvalue weighted by Crippen LogP contribution is 2.28. The van der Waals surface area contributed by atoms with Gasteiger partial charge in [0.1, 0.15) is 0 Å². The summed E-state index contributed by atoms with van der Waals surface area (Å²) in [5.41, 5.74) is 8.58. The van der Waals surface area contributed by atoms with Crippen molar-refractivity contribution in [3.8, 4) is 22.5 Å². The van der Waals surface area contributed by atoms with Crippen molar-refractivity contribution >= 4 is 5.95 Å². The van der Waals surface area contributed by atoms with Crippen molar-refractivity contribution < 1.29 is 0 Å². The molecule has 110 valence electrons. The van der Waals surface area contributed by atoms with Gasteiger partial charge in [-0.3, -0.25) is 4.79 Å². The van der Waals surface area contributed by atoms with Crippen LogP contribution >= 0.6 is 0 Å². The highest BCUT2D eigenvalue weighted by molar-refractivity contribution is 5.78. The van der Waals surface area contributed by atoms with Crippen molar-refractivity contribution in [2.75, 3.05) is 5.73 Å². The van der Waals surface area contributed by atoms with Crippen LogP contribution in [0.3, 0.4) is 0 Å². The Kier molecular flexibility index (Phi) is 3.65. The molecule has 22 heavy (non-hydrogen) atoms. The maximum absolute atomic E-state index is 11.7. The molecule has 0 spiro atoms. The second-order valence-corrected chi connectivity index (χ2v) is 4.73. The minimum absolute atomic E-state index is 0.135. The van der Waals surface area contributed by atoms with E-state index in [0.29, 0.717) is 17.9 Å². The Morgan fingerprint density at radius 1 is 1.14 bits per heavy atom. The molecule has 0 amide bonds. The van der Waals surface area contributed by atoms with Gasteiger partial charge < -0.3 is 5.73 Å². The molecular weight excluding hydrogens is 278 g/mol. The first-order valence-electron chi connectivity index (χ1n) is 6.95. The first-order chi connectivity index (χ1) is 10.7. The van der Waals surface area contributed by atoms with Gasteiger partial charge in [0.2, 0.25) is 5.95 Å². The Morgan fingerprint density at radius 3 is 2.64 bits per heavy atom. The van der Waals surface area contributed by atoms with Crippen molar-refractivity contribution in [3.63, 3.8) is 0 Å². The lowest BCUT2D eigenvalue weighted by molar-refractivity contribution is 0.619. The van der Waals surface area contributed by atoms with Gasteiger partial charge in [-0.25, -0.2) is 14.6 Å². The van der Waals surface area contributed by atoms with Crippen molar-refractivity contribution in [1.82, 2.24) is 19.7 Å². The molecule has 2 heterocycles. The van der Waals surface area contributed by atoms with E-state index in [0.717, 1.165) is 11.1 Å². The molecule has 2 aromatic heterocycles. The number of hydrogen-bond acceptors (Lipinski definition) is 5. The van der Waals surface area contributed by atoms with Crippen LogP contribution in [0.5, 0.6) is 0 Å². The fraction of sp³-hybridized carbons (Fsp3) is 0.125. The van der Waals surface area contributed by atoms with E-state index in [1.54, 1.807) is 12.3 Å². The number of hydrogen-bond donors (Lipinski definition) is 1. The molecule has 0 unspecified atom stereocenters. The lowest BCUT2D eigenvalue weighted by Crippen LogP contribution is -2.21. The molecular formula is C16H15N5O. The van der Waals surface area contributed by atoms with Crippen molar-refractivity contribution in [2.45, 2.75) is 13.5 Å². The average molecular weight is 293 g/mol. The SMILES string of the molecule is CCn1nc(-c2cnc(N)nc2-c2ccccc2)ccc1=O. The number of aromatic nitrogens is 4. The predicted octanol–water partition coefficient (Wildman–Crippen LogP) is 1.97. The summed E-state index contributed by atoms with van der Waals surface area (Å²) in [5.74, 6) is 0.200. The second-order valence-electron chi connectivity index (χ2n) is 4.73. The summed E-state index contributed by atoms with van der Waals surface area (Å²) in [7, 11) is 0. The van der Waals surface area contributed by atoms with Gasteiger partial charge in [0.25, 0.3) is 5.56 Å². The van der Waals surface area contributed by atoms with Gasteiger partial charge in [-0.1, -0.05) is 30.3 Å². The predicted molar refractivity (Wildman–Crippen MR) is 85.0 cm³/mol. The lowest BCUT2D eigenvalue weighted by Gasteiger charge is -2.10. The number of anilines is 1. The number of nitrogens with two attached hydrogens (primary N) is 1. The number of rotatable bonds is 3. The molecule has 6 nitrogen and oxygen atoms in total. The highest BCUT2D eigenvalue weighted by atomic mass is 16.1. The van der Waals surface area contributed by atoms with Gasteiger partial charge in [0.05, 0.1) is 11.4 Å². The van der Waals surface area contributed by atoms with Crippen molar-refractivity contribution in [2.24, 2.45) is 0 Å². The fourth-order valence-electron chi connectivity index (χ4n) is 2.22. The Bertz CT molecular complexity index is 858. The largest absolute Gasteiger partial charge is 0.368 e. The summed E-state index contributed by atoms with van der Waals surface area (Å²) in [5, 5.41) is 4.36. The van der Waals surface area contributed by atoms with E-state index < -0.39 is 0 Å². The number of aryl methyl sites for hydroxylation is 1. The van der Waals surface area contributed by atoms with E-state index in [9.17, 15) is 4.79 Å². The molecule has 3 aromatic rings. The van der Waals surface area contributed by atoms with Gasteiger partial charge in [-0.2, -0.15) is 5.10 Å². The van der Waals surface area contributed by atoms with Crippen LogP contribution in [0.25, 0.3) is 22.5 Å². The number of nitrogen functional groups attached to an aromatic ring is 1. The van der Waals surface area contributed by atoms with E-state index in [2.05, 4.69) is 15.1 Å². The van der Waals surface area contributed by atoms with Gasteiger partial charge in [0, 0.05) is 29.9 Å². The topological polar surface area (TPSA) is 86.7 Å². The van der Waals surface area contributed by atoms with E-state index in [4.69, 9.17) is 5.73 Å². The molecule has 0 aliphatic carbocycles. The Labute approximate surface area is 127 Å². The van der Waals surface area contributed by atoms with Gasteiger partial charge >= 0.3 is 0 Å². The highest BCUT2D eigenvalue weighted by Gasteiger charge is 2.12. The van der Waals surface area contributed by atoms with Gasteiger partial charge in [0.15, 0.2) is 0 Å². The molecule has 0 bridgehead atoms. The molecule has 0 radical (unpaired) electrons. The summed E-state index contributed by atoms with van der Waals surface area (Å²) in [4.78, 5) is 20.1. The summed E-state index contributed by atoms with van der Waals surface area (Å²) in [6.45, 7) is 2.37. The molecule has 1 aromatic carbocycles. The lowest BCUT2D eigenvalue weighted by atomic mass is 10.0. The summed E-state index contributed by atoms with van der Waals surface area (Å²) < 4.78 is 1.40. The molecule has 2 N–H and O–H groups in total. The molecule has 0 aliphatic heterocycles. The monoisotopic (exact) mass is 293 g/mol. The van der Waals surface area contributed by atoms with Gasteiger partial charge in [-0.05, 0) is 13.0 Å². The Balaban J connectivity index is 2.21. The Hall–Kier alpha value is -3.02. The third-order valence-electron chi connectivity index (χ3n) is 3.30. The van der Waals surface area contributed by atoms with E-state index in [1.165, 1.54) is 10.7 Å². The molecule has 0 saturated heterocycles. The fourth-order valence-corrected chi connectivity index (χ4v) is 2.22. The van der Waals surface area contributed by atoms with E-state index in [1.807, 2.05) is 37.3 Å². The van der Waals surface area contributed by atoms with Crippen molar-refractivity contribution in [1.29, 1.82) is 0 Å². The first-order valence-corrected chi connectivity index (χ1v) is 6.95. The summed E-state index contributed by atoms with van der Waals surface area (Å²) >= 11 is 0. The van der Waals surface area contributed by atoms with Crippen LogP contribution in [-0.2, 0) is 6.54 Å². The minimum Gasteiger partial charge on any atom is -0.368 e. The van der Waals surface area contributed by atoms with Crippen LogP contribution in [0, 0.1) is 0 Å². The molecule has 0 saturated carbocycles. The third kappa shape index (κ3) is 2.58. The van der Waals surface area contributed by atoms with E-state index in [-0.39, 0.29) is 11.5 Å². The van der Waals surface area contributed by atoms with E-state index >= 15 is 0 Å². The van der Waals surface area contributed by atoms with Crippen molar-refractivity contribution in [3.05, 3.63) is 59.0 Å². The van der Waals surface area contributed by atoms with Crippen LogP contribution in [0.1, 0.15) is 6.92 Å². The molecule has 6 heteroatoms. The van der Waals surface area contributed by atoms with Crippen LogP contribution in [0.15, 0.2) is 53.5 Å². The van der Waals surface area contributed by atoms with Crippen LogP contribution in [0.4, 0.5) is 5.95 Å². The third-order valence-corrected chi connectivity index (χ3v) is 3.30. The van der Waals surface area contributed by atoms with Gasteiger partial charge in [-0.15, -0.1) is 0 Å². The minimum atomic E-state index is -0.135. The molecule has 3 rings (SSSR count). The van der Waals surface area contributed by atoms with Crippen LogP contribution < -0.4 is 11.3 Å². The molecule has 0 aliphatic rings. The zero-order chi connectivity index (χ0) is 15.5. The summed E-state index contributed by atoms with van der Waals surface area (Å²) in [6.07, 6.45) is 1.64. The zero-order valence-electron chi connectivity index (χ0n) is 12.1. The normalized spacial score (nSPS) is 10.6. The smallest absolute Gasteiger partial charge is 0.266 e. The summed E-state index contributed by atoms with van der Waals surface area (Å²) in [6, 6.07) is 12.9.